The third-order valence-corrected chi connectivity index (χ3v) is 4.99. The smallest absolute Gasteiger partial charge is 0.213 e. The van der Waals surface area contributed by atoms with Crippen molar-refractivity contribution in [3.63, 3.8) is 0 Å². The van der Waals surface area contributed by atoms with Crippen LogP contribution in [0.1, 0.15) is 6.92 Å². The van der Waals surface area contributed by atoms with E-state index >= 15 is 0 Å². The van der Waals surface area contributed by atoms with Crippen LogP contribution in [0.4, 0.5) is 11.6 Å². The van der Waals surface area contributed by atoms with Crippen LogP contribution in [-0.2, 0) is 0 Å². The van der Waals surface area contributed by atoms with Crippen molar-refractivity contribution in [2.75, 3.05) is 37.5 Å². The van der Waals surface area contributed by atoms with Crippen molar-refractivity contribution in [2.24, 2.45) is 0 Å². The van der Waals surface area contributed by atoms with Crippen LogP contribution in [0, 0.1) is 0 Å². The Morgan fingerprint density at radius 1 is 1.00 bits per heavy atom. The Bertz CT molecular complexity index is 1240. The van der Waals surface area contributed by atoms with Crippen LogP contribution in [-0.4, -0.2) is 51.6 Å². The molecule has 0 radical (unpaired) electrons. The number of imidazole rings is 1. The SMILES string of the molecule is CCOc1cccc(-c2nc3nc(NSC)c(N)nc3n2-c2c(OC)cccc2OC)n1. The normalized spacial score (nSPS) is 10.9. The molecule has 3 heterocycles. The zero-order chi connectivity index (χ0) is 22.7. The molecule has 1 aromatic carbocycles. The van der Waals surface area contributed by atoms with E-state index in [1.54, 1.807) is 24.9 Å². The summed E-state index contributed by atoms with van der Waals surface area (Å²) in [4.78, 5) is 18.5. The molecule has 10 nitrogen and oxygen atoms in total. The van der Waals surface area contributed by atoms with Crippen LogP contribution in [0.5, 0.6) is 17.4 Å². The van der Waals surface area contributed by atoms with Gasteiger partial charge in [-0.3, -0.25) is 4.57 Å². The lowest BCUT2D eigenvalue weighted by Gasteiger charge is -2.16. The summed E-state index contributed by atoms with van der Waals surface area (Å²) < 4.78 is 21.7. The Hall–Kier alpha value is -3.73. The number of rotatable bonds is 8. The van der Waals surface area contributed by atoms with Crippen LogP contribution in [0.3, 0.4) is 0 Å². The summed E-state index contributed by atoms with van der Waals surface area (Å²) >= 11 is 1.36. The Morgan fingerprint density at radius 3 is 2.38 bits per heavy atom. The van der Waals surface area contributed by atoms with Gasteiger partial charge in [-0.15, -0.1) is 0 Å². The molecule has 0 aliphatic heterocycles. The van der Waals surface area contributed by atoms with Crippen LogP contribution < -0.4 is 24.7 Å². The third kappa shape index (κ3) is 3.82. The Balaban J connectivity index is 2.07. The van der Waals surface area contributed by atoms with E-state index in [1.165, 1.54) is 11.9 Å². The van der Waals surface area contributed by atoms with Crippen molar-refractivity contribution in [2.45, 2.75) is 6.92 Å². The number of nitrogen functional groups attached to an aromatic ring is 1. The number of nitrogens with zero attached hydrogens (tertiary/aromatic N) is 5. The van der Waals surface area contributed by atoms with E-state index in [4.69, 9.17) is 24.9 Å². The standard InChI is InChI=1S/C21H23N7O3S/c1-5-31-15-11-6-8-12(23-15)20-26-19-21(24-17(22)18(25-19)27-32-4)28(20)16-13(29-2)9-7-10-14(16)30-3/h6-11H,5H2,1-4H3,(H2,22,24)(H,25,27). The van der Waals surface area contributed by atoms with Gasteiger partial charge in [0.1, 0.15) is 22.9 Å². The van der Waals surface area contributed by atoms with E-state index in [0.717, 1.165) is 0 Å². The molecule has 11 heteroatoms. The second kappa shape index (κ2) is 9.18. The molecule has 0 saturated carbocycles. The first-order chi connectivity index (χ1) is 15.6. The first kappa shape index (κ1) is 21.5. The number of pyridine rings is 1. The molecule has 0 saturated heterocycles. The number of nitrogens with one attached hydrogen (secondary N) is 1. The molecule has 0 atom stereocenters. The molecule has 0 amide bonds. The lowest BCUT2D eigenvalue weighted by molar-refractivity contribution is 0.327. The Morgan fingerprint density at radius 2 is 1.72 bits per heavy atom. The van der Waals surface area contributed by atoms with Crippen molar-refractivity contribution < 1.29 is 14.2 Å². The fraction of sp³-hybridized carbons (Fsp3) is 0.238. The first-order valence-electron chi connectivity index (χ1n) is 9.77. The maximum atomic E-state index is 6.18. The highest BCUT2D eigenvalue weighted by Crippen LogP contribution is 2.38. The molecule has 0 bridgehead atoms. The Labute approximate surface area is 189 Å². The van der Waals surface area contributed by atoms with Crippen molar-refractivity contribution >= 4 is 34.9 Å². The fourth-order valence-electron chi connectivity index (χ4n) is 3.28. The van der Waals surface area contributed by atoms with E-state index < -0.39 is 0 Å². The molecule has 3 aromatic heterocycles. The van der Waals surface area contributed by atoms with Gasteiger partial charge in [-0.2, -0.15) is 0 Å². The summed E-state index contributed by atoms with van der Waals surface area (Å²) in [6, 6.07) is 11.0. The van der Waals surface area contributed by atoms with Gasteiger partial charge in [0.2, 0.25) is 11.5 Å². The first-order valence-corrected chi connectivity index (χ1v) is 11.0. The van der Waals surface area contributed by atoms with E-state index in [1.807, 2.05) is 43.5 Å². The van der Waals surface area contributed by atoms with E-state index in [9.17, 15) is 0 Å². The Kier molecular flexibility index (Phi) is 6.17. The van der Waals surface area contributed by atoms with Gasteiger partial charge in [0.05, 0.1) is 20.8 Å². The van der Waals surface area contributed by atoms with Crippen molar-refractivity contribution in [3.8, 4) is 34.6 Å². The zero-order valence-corrected chi connectivity index (χ0v) is 18.9. The van der Waals surface area contributed by atoms with Gasteiger partial charge in [-0.25, -0.2) is 19.9 Å². The number of aromatic nitrogens is 5. The zero-order valence-electron chi connectivity index (χ0n) is 18.1. The number of anilines is 2. The monoisotopic (exact) mass is 453 g/mol. The van der Waals surface area contributed by atoms with Gasteiger partial charge >= 0.3 is 0 Å². The number of para-hydroxylation sites is 1. The van der Waals surface area contributed by atoms with E-state index in [-0.39, 0.29) is 5.82 Å². The number of hydrogen-bond acceptors (Lipinski definition) is 10. The molecule has 166 valence electrons. The minimum Gasteiger partial charge on any atom is -0.494 e. The predicted octanol–water partition coefficient (Wildman–Crippen LogP) is 3.57. The highest BCUT2D eigenvalue weighted by molar-refractivity contribution is 7.99. The molecule has 4 aromatic rings. The number of nitrogens with two attached hydrogens (primary N) is 1. The van der Waals surface area contributed by atoms with Gasteiger partial charge in [0.15, 0.2) is 23.1 Å². The largest absolute Gasteiger partial charge is 0.494 e. The van der Waals surface area contributed by atoms with Crippen molar-refractivity contribution in [1.82, 2.24) is 24.5 Å². The van der Waals surface area contributed by atoms with Gasteiger partial charge < -0.3 is 24.7 Å². The average Bonchev–Trinajstić information content (AvgIpc) is 3.17. The minimum atomic E-state index is 0.240. The fourth-order valence-corrected chi connectivity index (χ4v) is 3.62. The molecule has 32 heavy (non-hydrogen) atoms. The second-order valence-corrected chi connectivity index (χ2v) is 7.10. The highest BCUT2D eigenvalue weighted by atomic mass is 32.2. The van der Waals surface area contributed by atoms with Crippen molar-refractivity contribution in [1.29, 1.82) is 0 Å². The number of fused-ring (bicyclic) bond motifs is 1. The number of benzene rings is 1. The third-order valence-electron chi connectivity index (χ3n) is 4.59. The summed E-state index contributed by atoms with van der Waals surface area (Å²) in [5.74, 6) is 2.79. The van der Waals surface area contributed by atoms with Crippen LogP contribution in [0.2, 0.25) is 0 Å². The molecule has 0 aliphatic carbocycles. The predicted molar refractivity (Wildman–Crippen MR) is 126 cm³/mol. The topological polar surface area (TPSA) is 122 Å². The van der Waals surface area contributed by atoms with Gasteiger partial charge in [-0.1, -0.05) is 24.1 Å². The molecule has 3 N–H and O–H groups in total. The molecular weight excluding hydrogens is 430 g/mol. The minimum absolute atomic E-state index is 0.240. The summed E-state index contributed by atoms with van der Waals surface area (Å²) in [5.41, 5.74) is 8.20. The molecule has 4 rings (SSSR count). The lowest BCUT2D eigenvalue weighted by atomic mass is 10.2. The van der Waals surface area contributed by atoms with Crippen LogP contribution >= 0.6 is 11.9 Å². The molecule has 0 fully saturated rings. The number of hydrogen-bond donors (Lipinski definition) is 2. The summed E-state index contributed by atoms with van der Waals surface area (Å²) in [6.45, 7) is 2.40. The summed E-state index contributed by atoms with van der Waals surface area (Å²) in [7, 11) is 3.18. The second-order valence-electron chi connectivity index (χ2n) is 6.49. The number of ether oxygens (including phenoxy) is 3. The molecule has 0 unspecified atom stereocenters. The van der Waals surface area contributed by atoms with Crippen LogP contribution in [0.15, 0.2) is 36.4 Å². The maximum Gasteiger partial charge on any atom is 0.213 e. The number of methoxy groups -OCH3 is 2. The van der Waals surface area contributed by atoms with Crippen LogP contribution in [0.25, 0.3) is 28.5 Å². The summed E-state index contributed by atoms with van der Waals surface area (Å²) in [5, 5.41) is 0. The highest BCUT2D eigenvalue weighted by Gasteiger charge is 2.24. The van der Waals surface area contributed by atoms with Gasteiger partial charge in [0, 0.05) is 12.3 Å². The molecular formula is C21H23N7O3S. The summed E-state index contributed by atoms with van der Waals surface area (Å²) in [6.07, 6.45) is 1.87. The maximum absolute atomic E-state index is 6.18. The average molecular weight is 454 g/mol. The van der Waals surface area contributed by atoms with Gasteiger partial charge in [0.25, 0.3) is 0 Å². The van der Waals surface area contributed by atoms with E-state index in [2.05, 4.69) is 19.7 Å². The lowest BCUT2D eigenvalue weighted by Crippen LogP contribution is -2.07. The van der Waals surface area contributed by atoms with Crippen molar-refractivity contribution in [3.05, 3.63) is 36.4 Å². The van der Waals surface area contributed by atoms with Gasteiger partial charge in [-0.05, 0) is 25.1 Å². The molecule has 0 aliphatic rings. The quantitative estimate of drug-likeness (QED) is 0.383. The van der Waals surface area contributed by atoms with E-state index in [0.29, 0.717) is 58.3 Å². The molecule has 0 spiro atoms.